The summed E-state index contributed by atoms with van der Waals surface area (Å²) < 4.78 is 0. The fourth-order valence-corrected chi connectivity index (χ4v) is 2.64. The van der Waals surface area contributed by atoms with E-state index in [2.05, 4.69) is 17.1 Å². The van der Waals surface area contributed by atoms with Gasteiger partial charge in [-0.05, 0) is 19.1 Å². The van der Waals surface area contributed by atoms with Crippen molar-refractivity contribution in [2.75, 3.05) is 26.3 Å². The Morgan fingerprint density at radius 1 is 1.21 bits per heavy atom. The number of nitrogens with zero attached hydrogens (tertiary/aromatic N) is 2. The Kier molecular flexibility index (Phi) is 3.08. The molecule has 0 bridgehead atoms. The Balaban J connectivity index is 1.80. The zero-order valence-corrected chi connectivity index (χ0v) is 10.9. The summed E-state index contributed by atoms with van der Waals surface area (Å²) in [6.45, 7) is 5.13. The number of carbonyl (C=O) groups excluding carboxylic acids is 2. The molecule has 5 heteroatoms. The molecule has 5 nitrogen and oxygen atoms in total. The molecule has 2 amide bonds. The van der Waals surface area contributed by atoms with E-state index in [0.29, 0.717) is 23.8 Å². The molecule has 1 aromatic carbocycles. The molecule has 19 heavy (non-hydrogen) atoms. The van der Waals surface area contributed by atoms with E-state index >= 15 is 0 Å². The minimum atomic E-state index is -0.175. The lowest BCUT2D eigenvalue weighted by atomic mass is 10.1. The first-order valence-corrected chi connectivity index (χ1v) is 6.58. The van der Waals surface area contributed by atoms with Gasteiger partial charge < -0.3 is 5.32 Å². The van der Waals surface area contributed by atoms with Gasteiger partial charge in [0.1, 0.15) is 0 Å². The Morgan fingerprint density at radius 2 is 1.84 bits per heavy atom. The lowest BCUT2D eigenvalue weighted by Crippen LogP contribution is -2.54. The molecule has 1 atom stereocenters. The highest BCUT2D eigenvalue weighted by molar-refractivity contribution is 6.21. The number of hydrogen-bond donors (Lipinski definition) is 1. The number of rotatable bonds is 2. The van der Waals surface area contributed by atoms with E-state index < -0.39 is 0 Å². The minimum Gasteiger partial charge on any atom is -0.314 e. The largest absolute Gasteiger partial charge is 0.314 e. The van der Waals surface area contributed by atoms with E-state index in [9.17, 15) is 9.59 Å². The molecule has 0 unspecified atom stereocenters. The summed E-state index contributed by atoms with van der Waals surface area (Å²) in [6.07, 6.45) is 0. The molecule has 0 saturated carbocycles. The van der Waals surface area contributed by atoms with Crippen LogP contribution in [0.25, 0.3) is 0 Å². The van der Waals surface area contributed by atoms with Gasteiger partial charge in [-0.2, -0.15) is 0 Å². The van der Waals surface area contributed by atoms with E-state index in [1.165, 1.54) is 4.90 Å². The maximum Gasteiger partial charge on any atom is 0.262 e. The number of amides is 2. The standard InChI is InChI=1S/C14H17N3O2/c1-10-8-15-6-7-16(10)9-17-13(18)11-4-2-3-5-12(11)14(17)19/h2-5,10,15H,6-9H2,1H3/t10-/m1/s1. The number of benzene rings is 1. The van der Waals surface area contributed by atoms with Crippen LogP contribution in [0.2, 0.25) is 0 Å². The fourth-order valence-electron chi connectivity index (χ4n) is 2.64. The maximum atomic E-state index is 12.3. The number of carbonyl (C=O) groups is 2. The summed E-state index contributed by atoms with van der Waals surface area (Å²) in [5.41, 5.74) is 1.05. The first kappa shape index (κ1) is 12.3. The Bertz CT molecular complexity index is 494. The fraction of sp³-hybridized carbons (Fsp3) is 0.429. The van der Waals surface area contributed by atoms with Crippen LogP contribution in [0.3, 0.4) is 0 Å². The van der Waals surface area contributed by atoms with Gasteiger partial charge in [-0.15, -0.1) is 0 Å². The lowest BCUT2D eigenvalue weighted by molar-refractivity contribution is 0.0463. The van der Waals surface area contributed by atoms with Crippen LogP contribution in [-0.4, -0.2) is 54.0 Å². The second kappa shape index (κ2) is 4.75. The van der Waals surface area contributed by atoms with Crippen LogP contribution in [-0.2, 0) is 0 Å². The number of fused-ring (bicyclic) bond motifs is 1. The summed E-state index contributed by atoms with van der Waals surface area (Å²) in [7, 11) is 0. The zero-order valence-electron chi connectivity index (χ0n) is 10.9. The number of hydrogen-bond acceptors (Lipinski definition) is 4. The first-order valence-electron chi connectivity index (χ1n) is 6.58. The highest BCUT2D eigenvalue weighted by Crippen LogP contribution is 2.23. The lowest BCUT2D eigenvalue weighted by Gasteiger charge is -2.35. The summed E-state index contributed by atoms with van der Waals surface area (Å²) in [5, 5.41) is 3.30. The Labute approximate surface area is 112 Å². The van der Waals surface area contributed by atoms with Gasteiger partial charge in [0.05, 0.1) is 17.8 Å². The van der Waals surface area contributed by atoms with Crippen molar-refractivity contribution in [3.05, 3.63) is 35.4 Å². The highest BCUT2D eigenvalue weighted by atomic mass is 16.2. The molecule has 100 valence electrons. The van der Waals surface area contributed by atoms with Crippen LogP contribution in [0.5, 0.6) is 0 Å². The second-order valence-electron chi connectivity index (χ2n) is 5.09. The van der Waals surface area contributed by atoms with E-state index in [1.54, 1.807) is 24.3 Å². The Hall–Kier alpha value is -1.72. The quantitative estimate of drug-likeness (QED) is 0.787. The van der Waals surface area contributed by atoms with Crippen LogP contribution in [0.4, 0.5) is 0 Å². The third-order valence-corrected chi connectivity index (χ3v) is 3.84. The third-order valence-electron chi connectivity index (χ3n) is 3.84. The number of nitrogens with one attached hydrogen (secondary N) is 1. The summed E-state index contributed by atoms with van der Waals surface area (Å²) in [4.78, 5) is 28.0. The summed E-state index contributed by atoms with van der Waals surface area (Å²) in [5.74, 6) is -0.349. The molecule has 0 spiro atoms. The number of imide groups is 1. The molecule has 3 rings (SSSR count). The van der Waals surface area contributed by atoms with Gasteiger partial charge in [0.15, 0.2) is 0 Å². The summed E-state index contributed by atoms with van der Waals surface area (Å²) in [6, 6.07) is 7.35. The minimum absolute atomic E-state index is 0.175. The molecular formula is C14H17N3O2. The average Bonchev–Trinajstić information content (AvgIpc) is 2.67. The van der Waals surface area contributed by atoms with Gasteiger partial charge in [0, 0.05) is 25.7 Å². The van der Waals surface area contributed by atoms with Crippen LogP contribution in [0.1, 0.15) is 27.6 Å². The van der Waals surface area contributed by atoms with Crippen molar-refractivity contribution in [3.8, 4) is 0 Å². The van der Waals surface area contributed by atoms with E-state index in [-0.39, 0.29) is 11.8 Å². The molecule has 1 N–H and O–H groups in total. The molecule has 2 aliphatic rings. The molecule has 1 saturated heterocycles. The molecular weight excluding hydrogens is 242 g/mol. The normalized spacial score (nSPS) is 23.8. The Morgan fingerprint density at radius 3 is 2.42 bits per heavy atom. The molecule has 2 aliphatic heterocycles. The molecule has 0 aliphatic carbocycles. The summed E-state index contributed by atoms with van der Waals surface area (Å²) >= 11 is 0. The average molecular weight is 259 g/mol. The van der Waals surface area contributed by atoms with Gasteiger partial charge in [0.25, 0.3) is 11.8 Å². The molecule has 0 radical (unpaired) electrons. The monoisotopic (exact) mass is 259 g/mol. The SMILES string of the molecule is C[C@@H]1CNCCN1CN1C(=O)c2ccccc2C1=O. The molecule has 2 heterocycles. The molecule has 1 aromatic rings. The number of piperazine rings is 1. The predicted molar refractivity (Wildman–Crippen MR) is 70.8 cm³/mol. The van der Waals surface area contributed by atoms with Crippen molar-refractivity contribution in [3.63, 3.8) is 0 Å². The third kappa shape index (κ3) is 2.05. The van der Waals surface area contributed by atoms with Crippen LogP contribution in [0, 0.1) is 0 Å². The van der Waals surface area contributed by atoms with Crippen molar-refractivity contribution in [1.29, 1.82) is 0 Å². The van der Waals surface area contributed by atoms with Crippen molar-refractivity contribution < 1.29 is 9.59 Å². The van der Waals surface area contributed by atoms with E-state index in [4.69, 9.17) is 0 Å². The van der Waals surface area contributed by atoms with Crippen LogP contribution < -0.4 is 5.32 Å². The topological polar surface area (TPSA) is 52.6 Å². The molecule has 0 aromatic heterocycles. The predicted octanol–water partition coefficient (Wildman–Crippen LogP) is 0.534. The second-order valence-corrected chi connectivity index (χ2v) is 5.09. The van der Waals surface area contributed by atoms with Crippen molar-refractivity contribution >= 4 is 11.8 Å². The van der Waals surface area contributed by atoms with Gasteiger partial charge in [-0.3, -0.25) is 19.4 Å². The van der Waals surface area contributed by atoms with Crippen LogP contribution >= 0.6 is 0 Å². The molecule has 1 fully saturated rings. The van der Waals surface area contributed by atoms with Crippen molar-refractivity contribution in [1.82, 2.24) is 15.1 Å². The van der Waals surface area contributed by atoms with Crippen LogP contribution in [0.15, 0.2) is 24.3 Å². The van der Waals surface area contributed by atoms with E-state index in [1.807, 2.05) is 0 Å². The first-order chi connectivity index (χ1) is 9.18. The van der Waals surface area contributed by atoms with E-state index in [0.717, 1.165) is 19.6 Å². The van der Waals surface area contributed by atoms with Gasteiger partial charge in [-0.25, -0.2) is 0 Å². The maximum absolute atomic E-state index is 12.3. The highest BCUT2D eigenvalue weighted by Gasteiger charge is 2.36. The zero-order chi connectivity index (χ0) is 13.4. The van der Waals surface area contributed by atoms with Gasteiger partial charge in [-0.1, -0.05) is 12.1 Å². The van der Waals surface area contributed by atoms with Crippen molar-refractivity contribution in [2.45, 2.75) is 13.0 Å². The smallest absolute Gasteiger partial charge is 0.262 e. The van der Waals surface area contributed by atoms with Gasteiger partial charge >= 0.3 is 0 Å². The van der Waals surface area contributed by atoms with Crippen molar-refractivity contribution in [2.24, 2.45) is 0 Å². The van der Waals surface area contributed by atoms with Gasteiger partial charge in [0.2, 0.25) is 0 Å².